The zero-order valence-electron chi connectivity index (χ0n) is 16.7. The summed E-state index contributed by atoms with van der Waals surface area (Å²) in [5.41, 5.74) is 0. The first kappa shape index (κ1) is 31.0. The second-order valence-corrected chi connectivity index (χ2v) is 7.61. The fraction of sp³-hybridized carbons (Fsp3) is 0.867. The van der Waals surface area contributed by atoms with Crippen LogP contribution in [-0.2, 0) is 14.3 Å². The fourth-order valence-electron chi connectivity index (χ4n) is 2.58. The number of carboxylic acids is 1. The van der Waals surface area contributed by atoms with Gasteiger partial charge in [0.2, 0.25) is 0 Å². The first-order valence-electron chi connectivity index (χ1n) is 8.33. The third-order valence-corrected chi connectivity index (χ3v) is 4.08. The van der Waals surface area contributed by atoms with Gasteiger partial charge in [-0.1, -0.05) is 0 Å². The number of aliphatic carboxylic acids is 1. The fourth-order valence-corrected chi connectivity index (χ4v) is 2.58. The van der Waals surface area contributed by atoms with Gasteiger partial charge in [-0.15, -0.1) is 0 Å². The summed E-state index contributed by atoms with van der Waals surface area (Å²) < 4.78 is 175. The van der Waals surface area contributed by atoms with Crippen molar-refractivity contribution in [3.8, 4) is 0 Å². The zero-order valence-corrected chi connectivity index (χ0v) is 16.7. The Hall–Kier alpha value is -2.01. The van der Waals surface area contributed by atoms with E-state index in [2.05, 4.69) is 4.74 Å². The van der Waals surface area contributed by atoms with Crippen molar-refractivity contribution >= 4 is 11.9 Å². The predicted octanol–water partition coefficient (Wildman–Crippen LogP) is 4.21. The SMILES string of the molecule is CC(=O)OC(CC(F)(F)C(F)(F)C(F)(F)C(F)(F)C(F)(F)C(F)(F)F)C[N+](C)(C)CC(=O)O. The molecule has 0 saturated heterocycles. The van der Waals surface area contributed by atoms with Gasteiger partial charge < -0.3 is 14.3 Å². The van der Waals surface area contributed by atoms with Crippen LogP contribution in [0.4, 0.5) is 57.1 Å². The molecule has 0 rings (SSSR count). The molecule has 0 aromatic rings. The highest BCUT2D eigenvalue weighted by atomic mass is 19.4. The second-order valence-electron chi connectivity index (χ2n) is 7.61. The van der Waals surface area contributed by atoms with E-state index >= 15 is 0 Å². The van der Waals surface area contributed by atoms with E-state index in [1.807, 2.05) is 0 Å². The average molecular weight is 522 g/mol. The van der Waals surface area contributed by atoms with E-state index in [-0.39, 0.29) is 0 Å². The number of halogens is 13. The van der Waals surface area contributed by atoms with Gasteiger partial charge in [0, 0.05) is 6.92 Å². The minimum Gasteiger partial charge on any atom is -0.477 e. The van der Waals surface area contributed by atoms with Gasteiger partial charge in [0.15, 0.2) is 12.6 Å². The number of quaternary nitrogens is 1. The molecule has 196 valence electrons. The summed E-state index contributed by atoms with van der Waals surface area (Å²) >= 11 is 0. The summed E-state index contributed by atoms with van der Waals surface area (Å²) in [5.74, 6) is -40.9. The van der Waals surface area contributed by atoms with Crippen molar-refractivity contribution in [2.24, 2.45) is 0 Å². The number of carbonyl (C=O) groups excluding carboxylic acids is 1. The molecule has 0 saturated carbocycles. The van der Waals surface area contributed by atoms with Crippen LogP contribution in [0.15, 0.2) is 0 Å². The quantitative estimate of drug-likeness (QED) is 0.251. The van der Waals surface area contributed by atoms with Gasteiger partial charge in [0.05, 0.1) is 20.5 Å². The van der Waals surface area contributed by atoms with Crippen LogP contribution >= 0.6 is 0 Å². The third kappa shape index (κ3) is 6.11. The van der Waals surface area contributed by atoms with Gasteiger partial charge in [-0.25, -0.2) is 4.79 Å². The van der Waals surface area contributed by atoms with Crippen molar-refractivity contribution in [1.82, 2.24) is 0 Å². The lowest BCUT2D eigenvalue weighted by Crippen LogP contribution is -2.70. The molecule has 1 atom stereocenters. The van der Waals surface area contributed by atoms with Gasteiger partial charge in [0.1, 0.15) is 6.54 Å². The molecule has 0 aliphatic heterocycles. The Balaban J connectivity index is 6.29. The number of carboxylic acid groups (broad SMARTS) is 1. The standard InChI is InChI=1S/C15H16F13NO4/c1-7(30)33-8(5-29(2,3)6-9(31)32)4-10(16,17)11(18,19)12(20,21)13(22,23)14(24,25)15(26,27)28/h8H,4-6H2,1-3H3/p+1. The smallest absolute Gasteiger partial charge is 0.460 e. The molecule has 0 heterocycles. The Morgan fingerprint density at radius 2 is 1.18 bits per heavy atom. The lowest BCUT2D eigenvalue weighted by Gasteiger charge is -2.40. The average Bonchev–Trinajstić information content (AvgIpc) is 2.49. The van der Waals surface area contributed by atoms with Gasteiger partial charge in [-0.05, 0) is 0 Å². The van der Waals surface area contributed by atoms with Crippen LogP contribution in [0.5, 0.6) is 0 Å². The normalized spacial score (nSPS) is 15.9. The molecule has 33 heavy (non-hydrogen) atoms. The van der Waals surface area contributed by atoms with Crippen LogP contribution in [0, 0.1) is 0 Å². The molecule has 0 aromatic heterocycles. The van der Waals surface area contributed by atoms with Gasteiger partial charge in [-0.3, -0.25) is 4.79 Å². The first-order chi connectivity index (χ1) is 14.2. The molecular weight excluding hydrogens is 505 g/mol. The number of ether oxygens (including phenoxy) is 1. The summed E-state index contributed by atoms with van der Waals surface area (Å²) in [6, 6.07) is 0. The highest BCUT2D eigenvalue weighted by Gasteiger charge is 2.90. The Labute approximate surface area is 176 Å². The number of hydrogen-bond donors (Lipinski definition) is 1. The van der Waals surface area contributed by atoms with Crippen LogP contribution < -0.4 is 0 Å². The molecule has 0 aliphatic rings. The van der Waals surface area contributed by atoms with E-state index in [1.54, 1.807) is 0 Å². The number of likely N-dealkylation sites (N-methyl/N-ethyl adjacent to an activating group) is 1. The lowest BCUT2D eigenvalue weighted by atomic mass is 9.91. The molecule has 0 aliphatic carbocycles. The molecule has 1 unspecified atom stereocenters. The van der Waals surface area contributed by atoms with Gasteiger partial charge in [0.25, 0.3) is 0 Å². The Morgan fingerprint density at radius 1 is 0.788 bits per heavy atom. The van der Waals surface area contributed by atoms with Crippen molar-refractivity contribution in [3.63, 3.8) is 0 Å². The monoisotopic (exact) mass is 522 g/mol. The highest BCUT2D eigenvalue weighted by Crippen LogP contribution is 2.60. The third-order valence-electron chi connectivity index (χ3n) is 4.08. The highest BCUT2D eigenvalue weighted by molar-refractivity contribution is 5.68. The first-order valence-corrected chi connectivity index (χ1v) is 8.33. The van der Waals surface area contributed by atoms with E-state index in [0.29, 0.717) is 6.92 Å². The predicted molar refractivity (Wildman–Crippen MR) is 80.4 cm³/mol. The van der Waals surface area contributed by atoms with Crippen LogP contribution in [0.3, 0.4) is 0 Å². The van der Waals surface area contributed by atoms with Crippen LogP contribution in [0.1, 0.15) is 13.3 Å². The molecule has 1 N–H and O–H groups in total. The maximum absolute atomic E-state index is 14.0. The van der Waals surface area contributed by atoms with Crippen molar-refractivity contribution in [3.05, 3.63) is 0 Å². The van der Waals surface area contributed by atoms with E-state index in [4.69, 9.17) is 5.11 Å². The number of esters is 1. The Bertz CT molecular complexity index is 734. The number of alkyl halides is 13. The maximum Gasteiger partial charge on any atom is 0.460 e. The van der Waals surface area contributed by atoms with Crippen molar-refractivity contribution in [1.29, 1.82) is 0 Å². The number of hydrogen-bond acceptors (Lipinski definition) is 3. The molecule has 0 fully saturated rings. The number of carbonyl (C=O) groups is 2. The van der Waals surface area contributed by atoms with Gasteiger partial charge in [-0.2, -0.15) is 57.1 Å². The van der Waals surface area contributed by atoms with Gasteiger partial charge >= 0.3 is 47.7 Å². The van der Waals surface area contributed by atoms with E-state index in [0.717, 1.165) is 14.1 Å². The summed E-state index contributed by atoms with van der Waals surface area (Å²) in [6.45, 7) is -1.54. The molecule has 0 aromatic carbocycles. The summed E-state index contributed by atoms with van der Waals surface area (Å²) in [5, 5.41) is 8.71. The minimum absolute atomic E-state index is 0.507. The molecule has 0 amide bonds. The maximum atomic E-state index is 14.0. The lowest BCUT2D eigenvalue weighted by molar-refractivity contribution is -0.886. The molecular formula is C15H17F13NO4+. The van der Waals surface area contributed by atoms with Crippen LogP contribution in [-0.4, -0.2) is 90.6 Å². The second kappa shape index (κ2) is 8.98. The van der Waals surface area contributed by atoms with Crippen LogP contribution in [0.25, 0.3) is 0 Å². The molecule has 5 nitrogen and oxygen atoms in total. The van der Waals surface area contributed by atoms with E-state index in [9.17, 15) is 66.7 Å². The van der Waals surface area contributed by atoms with Crippen molar-refractivity contribution in [2.75, 3.05) is 27.2 Å². The topological polar surface area (TPSA) is 63.6 Å². The summed E-state index contributed by atoms with van der Waals surface area (Å²) in [4.78, 5) is 21.8. The van der Waals surface area contributed by atoms with E-state index < -0.39 is 77.8 Å². The summed E-state index contributed by atoms with van der Waals surface area (Å²) in [6.07, 6.45) is -12.9. The van der Waals surface area contributed by atoms with Crippen molar-refractivity contribution < 1.29 is 81.0 Å². The zero-order chi connectivity index (χ0) is 27.1. The van der Waals surface area contributed by atoms with Crippen molar-refractivity contribution in [2.45, 2.75) is 55.2 Å². The van der Waals surface area contributed by atoms with E-state index in [1.165, 1.54) is 0 Å². The molecule has 0 bridgehead atoms. The Kier molecular flexibility index (Phi) is 8.43. The number of rotatable bonds is 11. The minimum atomic E-state index is -8.04. The van der Waals surface area contributed by atoms with Crippen LogP contribution in [0.2, 0.25) is 0 Å². The Morgan fingerprint density at radius 3 is 1.52 bits per heavy atom. The summed E-state index contributed by atoms with van der Waals surface area (Å²) in [7, 11) is 1.90. The molecule has 0 radical (unpaired) electrons. The molecule has 0 spiro atoms. The molecule has 18 heteroatoms. The largest absolute Gasteiger partial charge is 0.477 e. The number of nitrogens with zero attached hydrogens (tertiary/aromatic N) is 1.